The third kappa shape index (κ3) is 3.91. The van der Waals surface area contributed by atoms with Crippen LogP contribution in [0.2, 0.25) is 0 Å². The largest absolute Gasteiger partial charge is 0.481 e. The Labute approximate surface area is 118 Å². The standard InChI is InChI=1S/C12H19N3O4S/c1-4-5-7-13-20(18,19)12-9(2)14-15(10(12)3)8-6-11(16)17/h4,13H,1,5-8H2,2-3H3,(H,16,17). The van der Waals surface area contributed by atoms with Crippen molar-refractivity contribution in [2.75, 3.05) is 6.54 Å². The fourth-order valence-corrected chi connectivity index (χ4v) is 3.31. The number of sulfonamides is 1. The highest BCUT2D eigenvalue weighted by molar-refractivity contribution is 7.89. The van der Waals surface area contributed by atoms with E-state index in [1.165, 1.54) is 4.68 Å². The van der Waals surface area contributed by atoms with Gasteiger partial charge in [-0.25, -0.2) is 13.1 Å². The van der Waals surface area contributed by atoms with Crippen LogP contribution in [0.4, 0.5) is 0 Å². The van der Waals surface area contributed by atoms with Gasteiger partial charge in [0.15, 0.2) is 0 Å². The van der Waals surface area contributed by atoms with Gasteiger partial charge in [-0.05, 0) is 20.3 Å². The van der Waals surface area contributed by atoms with E-state index in [4.69, 9.17) is 5.11 Å². The van der Waals surface area contributed by atoms with E-state index in [9.17, 15) is 13.2 Å². The van der Waals surface area contributed by atoms with E-state index in [-0.39, 0.29) is 24.4 Å². The maximum atomic E-state index is 12.2. The van der Waals surface area contributed by atoms with Crippen molar-refractivity contribution < 1.29 is 18.3 Å². The topological polar surface area (TPSA) is 101 Å². The smallest absolute Gasteiger partial charge is 0.305 e. The van der Waals surface area contributed by atoms with Gasteiger partial charge in [0.2, 0.25) is 10.0 Å². The number of aromatic nitrogens is 2. The maximum Gasteiger partial charge on any atom is 0.305 e. The van der Waals surface area contributed by atoms with Crippen molar-refractivity contribution in [1.82, 2.24) is 14.5 Å². The number of nitrogens with one attached hydrogen (secondary N) is 1. The highest BCUT2D eigenvalue weighted by Gasteiger charge is 2.24. The molecule has 0 amide bonds. The second-order valence-corrected chi connectivity index (χ2v) is 6.05. The molecular formula is C12H19N3O4S. The van der Waals surface area contributed by atoms with Gasteiger partial charge in [0.05, 0.1) is 24.4 Å². The predicted molar refractivity (Wildman–Crippen MR) is 74.0 cm³/mol. The monoisotopic (exact) mass is 301 g/mol. The van der Waals surface area contributed by atoms with E-state index >= 15 is 0 Å². The molecule has 0 aromatic carbocycles. The summed E-state index contributed by atoms with van der Waals surface area (Å²) in [5, 5.41) is 12.8. The van der Waals surface area contributed by atoms with Crippen LogP contribution in [0.5, 0.6) is 0 Å². The number of hydrogen-bond donors (Lipinski definition) is 2. The Morgan fingerprint density at radius 3 is 2.70 bits per heavy atom. The van der Waals surface area contributed by atoms with Crippen molar-refractivity contribution in [3.8, 4) is 0 Å². The first kappa shape index (κ1) is 16.4. The van der Waals surface area contributed by atoms with Crippen molar-refractivity contribution >= 4 is 16.0 Å². The predicted octanol–water partition coefficient (Wildman–Crippen LogP) is 0.829. The summed E-state index contributed by atoms with van der Waals surface area (Å²) >= 11 is 0. The number of aryl methyl sites for hydroxylation is 2. The van der Waals surface area contributed by atoms with Crippen LogP contribution in [0, 0.1) is 13.8 Å². The third-order valence-electron chi connectivity index (χ3n) is 2.76. The Kier molecular flexibility index (Phi) is 5.46. The van der Waals surface area contributed by atoms with Crippen molar-refractivity contribution in [2.45, 2.75) is 38.1 Å². The lowest BCUT2D eigenvalue weighted by Crippen LogP contribution is -2.25. The van der Waals surface area contributed by atoms with E-state index in [0.29, 0.717) is 17.8 Å². The fourth-order valence-electron chi connectivity index (χ4n) is 1.86. The molecule has 1 aromatic rings. The fraction of sp³-hybridized carbons (Fsp3) is 0.500. The first-order valence-electron chi connectivity index (χ1n) is 6.16. The van der Waals surface area contributed by atoms with Gasteiger partial charge in [-0.3, -0.25) is 9.48 Å². The highest BCUT2D eigenvalue weighted by Crippen LogP contribution is 2.19. The van der Waals surface area contributed by atoms with Gasteiger partial charge in [-0.15, -0.1) is 6.58 Å². The lowest BCUT2D eigenvalue weighted by atomic mass is 10.4. The second-order valence-electron chi connectivity index (χ2n) is 4.34. The molecular weight excluding hydrogens is 282 g/mol. The molecule has 0 saturated carbocycles. The number of carbonyl (C=O) groups is 1. The molecule has 0 aliphatic carbocycles. The van der Waals surface area contributed by atoms with Crippen LogP contribution in [0.1, 0.15) is 24.2 Å². The minimum atomic E-state index is -3.64. The highest BCUT2D eigenvalue weighted by atomic mass is 32.2. The van der Waals surface area contributed by atoms with E-state index in [1.807, 2.05) is 0 Å². The molecule has 0 aliphatic heterocycles. The minimum Gasteiger partial charge on any atom is -0.481 e. The number of aliphatic carboxylic acids is 1. The van der Waals surface area contributed by atoms with Crippen molar-refractivity contribution in [3.05, 3.63) is 24.0 Å². The van der Waals surface area contributed by atoms with Gasteiger partial charge in [0.25, 0.3) is 0 Å². The van der Waals surface area contributed by atoms with Crippen LogP contribution in [-0.4, -0.2) is 35.8 Å². The molecule has 0 radical (unpaired) electrons. The van der Waals surface area contributed by atoms with Crippen molar-refractivity contribution in [3.63, 3.8) is 0 Å². The zero-order chi connectivity index (χ0) is 15.3. The SMILES string of the molecule is C=CCCNS(=O)(=O)c1c(C)nn(CCC(=O)O)c1C. The first-order chi connectivity index (χ1) is 9.29. The summed E-state index contributed by atoms with van der Waals surface area (Å²) in [6.07, 6.45) is 2.05. The molecule has 0 unspecified atom stereocenters. The quantitative estimate of drug-likeness (QED) is 0.547. The summed E-state index contributed by atoms with van der Waals surface area (Å²) in [6, 6.07) is 0. The lowest BCUT2D eigenvalue weighted by Gasteiger charge is -2.06. The second kappa shape index (κ2) is 6.67. The Hall–Kier alpha value is -1.67. The summed E-state index contributed by atoms with van der Waals surface area (Å²) in [6.45, 7) is 7.14. The van der Waals surface area contributed by atoms with Crippen LogP contribution in [0.15, 0.2) is 17.6 Å². The number of carboxylic acids is 1. The average molecular weight is 301 g/mol. The van der Waals surface area contributed by atoms with Crippen LogP contribution >= 0.6 is 0 Å². The maximum absolute atomic E-state index is 12.2. The van der Waals surface area contributed by atoms with Gasteiger partial charge in [-0.2, -0.15) is 5.10 Å². The Bertz CT molecular complexity index is 604. The number of rotatable bonds is 8. The Morgan fingerprint density at radius 1 is 1.50 bits per heavy atom. The van der Waals surface area contributed by atoms with Crippen molar-refractivity contribution in [2.24, 2.45) is 0 Å². The van der Waals surface area contributed by atoms with Gasteiger partial charge in [0, 0.05) is 6.54 Å². The zero-order valence-corrected chi connectivity index (χ0v) is 12.4. The van der Waals surface area contributed by atoms with Crippen LogP contribution in [-0.2, 0) is 21.4 Å². The molecule has 0 spiro atoms. The number of nitrogens with zero attached hydrogens (tertiary/aromatic N) is 2. The zero-order valence-electron chi connectivity index (χ0n) is 11.6. The summed E-state index contributed by atoms with van der Waals surface area (Å²) in [7, 11) is -3.64. The molecule has 112 valence electrons. The van der Waals surface area contributed by atoms with Gasteiger partial charge >= 0.3 is 5.97 Å². The van der Waals surface area contributed by atoms with E-state index in [0.717, 1.165) is 0 Å². The van der Waals surface area contributed by atoms with E-state index in [1.54, 1.807) is 19.9 Å². The Balaban J connectivity index is 3.00. The van der Waals surface area contributed by atoms with Gasteiger partial charge in [-0.1, -0.05) is 6.08 Å². The summed E-state index contributed by atoms with van der Waals surface area (Å²) in [5.74, 6) is -0.953. The lowest BCUT2D eigenvalue weighted by molar-refractivity contribution is -0.137. The molecule has 20 heavy (non-hydrogen) atoms. The summed E-state index contributed by atoms with van der Waals surface area (Å²) in [4.78, 5) is 10.7. The molecule has 8 heteroatoms. The summed E-state index contributed by atoms with van der Waals surface area (Å²) < 4.78 is 28.2. The first-order valence-corrected chi connectivity index (χ1v) is 7.64. The molecule has 2 N–H and O–H groups in total. The molecule has 0 saturated heterocycles. The van der Waals surface area contributed by atoms with E-state index < -0.39 is 16.0 Å². The molecule has 1 aromatic heterocycles. The molecule has 0 fully saturated rings. The molecule has 1 heterocycles. The molecule has 0 bridgehead atoms. The third-order valence-corrected chi connectivity index (χ3v) is 4.47. The van der Waals surface area contributed by atoms with E-state index in [2.05, 4.69) is 16.4 Å². The average Bonchev–Trinajstić information content (AvgIpc) is 2.62. The molecule has 7 nitrogen and oxygen atoms in total. The molecule has 1 rings (SSSR count). The van der Waals surface area contributed by atoms with Gasteiger partial charge < -0.3 is 5.11 Å². The van der Waals surface area contributed by atoms with Crippen LogP contribution < -0.4 is 4.72 Å². The number of hydrogen-bond acceptors (Lipinski definition) is 4. The molecule has 0 aliphatic rings. The Morgan fingerprint density at radius 2 is 2.15 bits per heavy atom. The number of carboxylic acid groups (broad SMARTS) is 1. The minimum absolute atomic E-state index is 0.106. The van der Waals surface area contributed by atoms with Crippen LogP contribution in [0.3, 0.4) is 0 Å². The molecule has 0 atom stereocenters. The normalized spacial score (nSPS) is 11.5. The van der Waals surface area contributed by atoms with Crippen molar-refractivity contribution in [1.29, 1.82) is 0 Å². The van der Waals surface area contributed by atoms with Gasteiger partial charge in [0.1, 0.15) is 4.90 Å². The summed E-state index contributed by atoms with van der Waals surface area (Å²) in [5.41, 5.74) is 0.800. The van der Waals surface area contributed by atoms with Crippen LogP contribution in [0.25, 0.3) is 0 Å².